The number of nitrogens with one attached hydrogen (secondary N) is 1. The summed E-state index contributed by atoms with van der Waals surface area (Å²) in [4.78, 5) is 0. The topological polar surface area (TPSA) is 32.3 Å². The van der Waals surface area contributed by atoms with E-state index in [1.165, 1.54) is 0 Å². The van der Waals surface area contributed by atoms with Gasteiger partial charge in [-0.15, -0.1) is 6.58 Å². The van der Waals surface area contributed by atoms with Crippen LogP contribution in [0.15, 0.2) is 12.7 Å². The molecule has 1 aliphatic rings. The number of hydrogen-bond donors (Lipinski definition) is 2. The van der Waals surface area contributed by atoms with E-state index in [1.54, 1.807) is 0 Å². The van der Waals surface area contributed by atoms with Gasteiger partial charge in [-0.25, -0.2) is 0 Å². The molecule has 0 saturated heterocycles. The van der Waals surface area contributed by atoms with E-state index in [2.05, 4.69) is 25.7 Å². The molecule has 0 aromatic carbocycles. The van der Waals surface area contributed by atoms with Crippen LogP contribution >= 0.6 is 0 Å². The van der Waals surface area contributed by atoms with Crippen LogP contribution in [0.5, 0.6) is 0 Å². The van der Waals surface area contributed by atoms with Crippen LogP contribution in [0, 0.1) is 0 Å². The summed E-state index contributed by atoms with van der Waals surface area (Å²) in [6.07, 6.45) is 4.90. The lowest BCUT2D eigenvalue weighted by Gasteiger charge is -2.39. The van der Waals surface area contributed by atoms with Gasteiger partial charge in [0, 0.05) is 11.6 Å². The van der Waals surface area contributed by atoms with E-state index in [0.29, 0.717) is 0 Å². The van der Waals surface area contributed by atoms with Gasteiger partial charge >= 0.3 is 0 Å². The van der Waals surface area contributed by atoms with Gasteiger partial charge in [-0.1, -0.05) is 6.08 Å². The molecule has 0 spiro atoms. The normalized spacial score (nSPS) is 41.8. The molecule has 1 fully saturated rings. The van der Waals surface area contributed by atoms with Crippen LogP contribution in [0.2, 0.25) is 0 Å². The first-order valence-corrected chi connectivity index (χ1v) is 5.04. The smallest absolute Gasteiger partial charge is 0.0797 e. The van der Waals surface area contributed by atoms with Crippen molar-refractivity contribution in [3.63, 3.8) is 0 Å². The molecule has 76 valence electrons. The Kier molecular flexibility index (Phi) is 2.83. The fraction of sp³-hybridized carbons (Fsp3) is 0.818. The van der Waals surface area contributed by atoms with Crippen molar-refractivity contribution in [1.82, 2.24) is 5.32 Å². The minimum absolute atomic E-state index is 0.152. The Balaban J connectivity index is 2.69. The summed E-state index contributed by atoms with van der Waals surface area (Å²) in [5.74, 6) is 0. The van der Waals surface area contributed by atoms with Gasteiger partial charge in [-0.05, 0) is 40.0 Å². The van der Waals surface area contributed by atoms with Crippen LogP contribution < -0.4 is 5.32 Å². The average molecular weight is 183 g/mol. The van der Waals surface area contributed by atoms with Crippen LogP contribution in [-0.4, -0.2) is 22.3 Å². The lowest BCUT2D eigenvalue weighted by Crippen LogP contribution is -2.58. The molecule has 0 amide bonds. The second kappa shape index (κ2) is 3.43. The maximum absolute atomic E-state index is 10.2. The molecule has 1 rings (SSSR count). The Hall–Kier alpha value is -0.340. The van der Waals surface area contributed by atoms with Crippen molar-refractivity contribution in [2.24, 2.45) is 0 Å². The maximum Gasteiger partial charge on any atom is 0.0797 e. The largest absolute Gasteiger partial charge is 0.388 e. The van der Waals surface area contributed by atoms with Gasteiger partial charge < -0.3 is 10.4 Å². The molecular weight excluding hydrogens is 162 g/mol. The van der Waals surface area contributed by atoms with Crippen LogP contribution in [0.25, 0.3) is 0 Å². The Morgan fingerprint density at radius 1 is 1.46 bits per heavy atom. The molecular formula is C11H21NO. The van der Waals surface area contributed by atoms with E-state index in [9.17, 15) is 5.11 Å². The zero-order valence-electron chi connectivity index (χ0n) is 8.93. The average Bonchev–Trinajstić information content (AvgIpc) is 2.26. The highest BCUT2D eigenvalue weighted by atomic mass is 16.3. The van der Waals surface area contributed by atoms with Gasteiger partial charge in [0.25, 0.3) is 0 Å². The van der Waals surface area contributed by atoms with E-state index in [-0.39, 0.29) is 11.6 Å². The highest BCUT2D eigenvalue weighted by Crippen LogP contribution is 2.38. The molecule has 2 heteroatoms. The van der Waals surface area contributed by atoms with Crippen molar-refractivity contribution in [2.75, 3.05) is 0 Å². The Morgan fingerprint density at radius 3 is 2.46 bits per heavy atom. The number of rotatable bonds is 3. The molecule has 13 heavy (non-hydrogen) atoms. The lowest BCUT2D eigenvalue weighted by molar-refractivity contribution is -0.00862. The predicted molar refractivity (Wildman–Crippen MR) is 55.7 cm³/mol. The van der Waals surface area contributed by atoms with E-state index >= 15 is 0 Å². The van der Waals surface area contributed by atoms with Crippen LogP contribution in [0.1, 0.15) is 40.0 Å². The minimum Gasteiger partial charge on any atom is -0.388 e. The monoisotopic (exact) mass is 183 g/mol. The van der Waals surface area contributed by atoms with Crippen molar-refractivity contribution in [1.29, 1.82) is 0 Å². The Bertz CT molecular complexity index is 200. The standard InChI is InChI=1S/C11H21NO/c1-5-9(2)12-10(3)7-6-8-11(10,4)13/h5,9,12-13H,1,6-8H2,2-4H3. The first-order chi connectivity index (χ1) is 5.91. The molecule has 2 N–H and O–H groups in total. The van der Waals surface area contributed by atoms with Crippen molar-refractivity contribution in [3.05, 3.63) is 12.7 Å². The summed E-state index contributed by atoms with van der Waals surface area (Å²) in [6.45, 7) is 9.82. The van der Waals surface area contributed by atoms with Gasteiger partial charge in [0.05, 0.1) is 5.60 Å². The van der Waals surface area contributed by atoms with Crippen LogP contribution in [-0.2, 0) is 0 Å². The summed E-state index contributed by atoms with van der Waals surface area (Å²) in [7, 11) is 0. The van der Waals surface area contributed by atoms with Crippen molar-refractivity contribution < 1.29 is 5.11 Å². The molecule has 0 heterocycles. The van der Waals surface area contributed by atoms with Crippen LogP contribution in [0.4, 0.5) is 0 Å². The molecule has 0 aromatic rings. The van der Waals surface area contributed by atoms with Gasteiger partial charge in [0.15, 0.2) is 0 Å². The van der Waals surface area contributed by atoms with Gasteiger partial charge in [0.2, 0.25) is 0 Å². The molecule has 0 aliphatic heterocycles. The van der Waals surface area contributed by atoms with Crippen molar-refractivity contribution in [2.45, 2.75) is 57.2 Å². The summed E-state index contributed by atoms with van der Waals surface area (Å²) in [5.41, 5.74) is -0.731. The molecule has 0 radical (unpaired) electrons. The quantitative estimate of drug-likeness (QED) is 0.654. The van der Waals surface area contributed by atoms with E-state index in [1.807, 2.05) is 13.0 Å². The van der Waals surface area contributed by atoms with Crippen LogP contribution in [0.3, 0.4) is 0 Å². The molecule has 0 bridgehead atoms. The first kappa shape index (κ1) is 10.7. The second-order valence-electron chi connectivity index (χ2n) is 4.63. The zero-order chi connectivity index (χ0) is 10.1. The van der Waals surface area contributed by atoms with E-state index in [4.69, 9.17) is 0 Å². The molecule has 2 nitrogen and oxygen atoms in total. The van der Waals surface area contributed by atoms with Crippen molar-refractivity contribution >= 4 is 0 Å². The highest BCUT2D eigenvalue weighted by Gasteiger charge is 2.47. The maximum atomic E-state index is 10.2. The fourth-order valence-electron chi connectivity index (χ4n) is 2.12. The fourth-order valence-corrected chi connectivity index (χ4v) is 2.12. The second-order valence-corrected chi connectivity index (χ2v) is 4.63. The molecule has 1 aliphatic carbocycles. The zero-order valence-corrected chi connectivity index (χ0v) is 8.93. The summed E-state index contributed by atoms with van der Waals surface area (Å²) in [5, 5.41) is 13.6. The van der Waals surface area contributed by atoms with Crippen molar-refractivity contribution in [3.8, 4) is 0 Å². The van der Waals surface area contributed by atoms with E-state index < -0.39 is 5.60 Å². The minimum atomic E-state index is -0.579. The Morgan fingerprint density at radius 2 is 2.08 bits per heavy atom. The Labute approximate surface area is 81.0 Å². The predicted octanol–water partition coefficient (Wildman–Crippen LogP) is 1.84. The van der Waals surface area contributed by atoms with E-state index in [0.717, 1.165) is 19.3 Å². The summed E-state index contributed by atoms with van der Waals surface area (Å²) < 4.78 is 0. The first-order valence-electron chi connectivity index (χ1n) is 5.04. The lowest BCUT2D eigenvalue weighted by atomic mass is 9.85. The summed E-state index contributed by atoms with van der Waals surface area (Å²) in [6, 6.07) is 0.259. The third kappa shape index (κ3) is 1.94. The third-order valence-electron chi connectivity index (χ3n) is 3.43. The molecule has 3 unspecified atom stereocenters. The number of aliphatic hydroxyl groups is 1. The third-order valence-corrected chi connectivity index (χ3v) is 3.43. The van der Waals surface area contributed by atoms with Gasteiger partial charge in [0.1, 0.15) is 0 Å². The number of hydrogen-bond acceptors (Lipinski definition) is 2. The summed E-state index contributed by atoms with van der Waals surface area (Å²) >= 11 is 0. The molecule has 0 aromatic heterocycles. The molecule has 1 saturated carbocycles. The molecule has 3 atom stereocenters. The highest BCUT2D eigenvalue weighted by molar-refractivity contribution is 5.07. The van der Waals surface area contributed by atoms with Gasteiger partial charge in [-0.3, -0.25) is 0 Å². The SMILES string of the molecule is C=CC(C)NC1(C)CCCC1(C)O. The van der Waals surface area contributed by atoms with Gasteiger partial charge in [-0.2, -0.15) is 0 Å².